The van der Waals surface area contributed by atoms with E-state index in [-0.39, 0.29) is 11.3 Å². The Morgan fingerprint density at radius 1 is 1.21 bits per heavy atom. The van der Waals surface area contributed by atoms with Crippen LogP contribution < -0.4 is 5.32 Å². The van der Waals surface area contributed by atoms with E-state index in [1.807, 2.05) is 48.0 Å². The summed E-state index contributed by atoms with van der Waals surface area (Å²) in [5, 5.41) is 7.85. The van der Waals surface area contributed by atoms with Crippen molar-refractivity contribution in [1.82, 2.24) is 14.7 Å². The quantitative estimate of drug-likeness (QED) is 0.769. The lowest BCUT2D eigenvalue weighted by atomic mass is 9.92. The van der Waals surface area contributed by atoms with Crippen LogP contribution in [0.25, 0.3) is 5.69 Å². The molecular weight excluding hydrogens is 364 g/mol. The van der Waals surface area contributed by atoms with Gasteiger partial charge in [-0.2, -0.15) is 5.10 Å². The standard InChI is InChI=1S/C23H34N4O2/c1-5-29-17-18-11-13-26(14-12-18)16-22(28)24-21-15-20(23(2,3)4)25-27(21)19-9-7-6-8-10-19/h6-10,15,18H,5,11-14,16-17H2,1-4H3,(H,24,28). The third-order valence-electron chi connectivity index (χ3n) is 5.38. The molecule has 1 aliphatic rings. The van der Waals surface area contributed by atoms with Gasteiger partial charge in [-0.3, -0.25) is 9.69 Å². The molecule has 2 heterocycles. The van der Waals surface area contributed by atoms with Gasteiger partial charge >= 0.3 is 0 Å². The summed E-state index contributed by atoms with van der Waals surface area (Å²) < 4.78 is 7.37. The van der Waals surface area contributed by atoms with E-state index in [2.05, 4.69) is 31.0 Å². The molecule has 0 radical (unpaired) electrons. The molecule has 1 amide bonds. The van der Waals surface area contributed by atoms with E-state index >= 15 is 0 Å². The van der Waals surface area contributed by atoms with Gasteiger partial charge in [0.1, 0.15) is 5.82 Å². The molecule has 0 spiro atoms. The minimum atomic E-state index is -0.0953. The van der Waals surface area contributed by atoms with Crippen molar-refractivity contribution in [3.8, 4) is 5.69 Å². The molecule has 6 nitrogen and oxygen atoms in total. The van der Waals surface area contributed by atoms with Crippen LogP contribution in [0.5, 0.6) is 0 Å². The number of aromatic nitrogens is 2. The molecule has 0 unspecified atom stereocenters. The number of nitrogens with one attached hydrogen (secondary N) is 1. The lowest BCUT2D eigenvalue weighted by Gasteiger charge is -2.31. The molecule has 1 aromatic heterocycles. The number of carbonyl (C=O) groups is 1. The summed E-state index contributed by atoms with van der Waals surface area (Å²) in [6, 6.07) is 11.9. The van der Waals surface area contributed by atoms with Gasteiger partial charge in [0.2, 0.25) is 5.91 Å². The second-order valence-electron chi connectivity index (χ2n) is 8.84. The Morgan fingerprint density at radius 2 is 1.90 bits per heavy atom. The number of amides is 1. The van der Waals surface area contributed by atoms with Crippen LogP contribution in [0.2, 0.25) is 0 Å². The second-order valence-corrected chi connectivity index (χ2v) is 8.84. The molecule has 29 heavy (non-hydrogen) atoms. The highest BCUT2D eigenvalue weighted by atomic mass is 16.5. The topological polar surface area (TPSA) is 59.4 Å². The first kappa shape index (κ1) is 21.5. The van der Waals surface area contributed by atoms with E-state index in [1.54, 1.807) is 0 Å². The highest BCUT2D eigenvalue weighted by molar-refractivity contribution is 5.91. The van der Waals surface area contributed by atoms with Crippen molar-refractivity contribution in [3.05, 3.63) is 42.1 Å². The van der Waals surface area contributed by atoms with E-state index in [4.69, 9.17) is 9.84 Å². The van der Waals surface area contributed by atoms with Crippen LogP contribution in [0, 0.1) is 5.92 Å². The first-order chi connectivity index (χ1) is 13.9. The van der Waals surface area contributed by atoms with E-state index in [9.17, 15) is 4.79 Å². The van der Waals surface area contributed by atoms with Crippen molar-refractivity contribution < 1.29 is 9.53 Å². The fourth-order valence-corrected chi connectivity index (χ4v) is 3.58. The molecule has 158 valence electrons. The van der Waals surface area contributed by atoms with Gasteiger partial charge in [-0.25, -0.2) is 4.68 Å². The zero-order valence-corrected chi connectivity index (χ0v) is 18.1. The normalized spacial score (nSPS) is 16.1. The average molecular weight is 399 g/mol. The van der Waals surface area contributed by atoms with Crippen LogP contribution in [0.3, 0.4) is 0 Å². The second kappa shape index (κ2) is 9.55. The third kappa shape index (κ3) is 5.90. The van der Waals surface area contributed by atoms with E-state index in [0.29, 0.717) is 12.5 Å². The number of anilines is 1. The van der Waals surface area contributed by atoms with E-state index in [1.165, 1.54) is 0 Å². The maximum atomic E-state index is 12.8. The molecule has 0 atom stereocenters. The summed E-state index contributed by atoms with van der Waals surface area (Å²) in [7, 11) is 0. The van der Waals surface area contributed by atoms with Gasteiger partial charge in [0, 0.05) is 24.7 Å². The molecule has 3 rings (SSSR count). The van der Waals surface area contributed by atoms with Crippen molar-refractivity contribution in [2.75, 3.05) is 38.2 Å². The Hall–Kier alpha value is -2.18. The van der Waals surface area contributed by atoms with Crippen LogP contribution in [-0.4, -0.2) is 53.4 Å². The molecule has 2 aromatic rings. The van der Waals surface area contributed by atoms with Crippen molar-refractivity contribution in [1.29, 1.82) is 0 Å². The highest BCUT2D eigenvalue weighted by Gasteiger charge is 2.24. The number of likely N-dealkylation sites (tertiary alicyclic amines) is 1. The molecular formula is C23H34N4O2. The number of rotatable bonds is 7. The summed E-state index contributed by atoms with van der Waals surface area (Å²) in [6.07, 6.45) is 2.17. The molecule has 0 aliphatic carbocycles. The molecule has 1 aliphatic heterocycles. The third-order valence-corrected chi connectivity index (χ3v) is 5.38. The van der Waals surface area contributed by atoms with Gasteiger partial charge in [-0.15, -0.1) is 0 Å². The highest BCUT2D eigenvalue weighted by Crippen LogP contribution is 2.26. The van der Waals surface area contributed by atoms with Crippen molar-refractivity contribution in [2.24, 2.45) is 5.92 Å². The van der Waals surface area contributed by atoms with Crippen molar-refractivity contribution in [3.63, 3.8) is 0 Å². The maximum absolute atomic E-state index is 12.8. The maximum Gasteiger partial charge on any atom is 0.239 e. The number of hydrogen-bond donors (Lipinski definition) is 1. The molecule has 1 aromatic carbocycles. The minimum Gasteiger partial charge on any atom is -0.381 e. The summed E-state index contributed by atoms with van der Waals surface area (Å²) in [6.45, 7) is 12.3. The molecule has 1 N–H and O–H groups in total. The first-order valence-electron chi connectivity index (χ1n) is 10.6. The largest absolute Gasteiger partial charge is 0.381 e. The van der Waals surface area contributed by atoms with Crippen LogP contribution in [0.15, 0.2) is 36.4 Å². The van der Waals surface area contributed by atoms with Crippen LogP contribution in [0.1, 0.15) is 46.2 Å². The molecule has 1 fully saturated rings. The molecule has 0 bridgehead atoms. The molecule has 6 heteroatoms. The summed E-state index contributed by atoms with van der Waals surface area (Å²) >= 11 is 0. The van der Waals surface area contributed by atoms with Crippen LogP contribution in [-0.2, 0) is 14.9 Å². The Morgan fingerprint density at radius 3 is 2.52 bits per heavy atom. The number of benzene rings is 1. The monoisotopic (exact) mass is 398 g/mol. The number of nitrogens with zero attached hydrogens (tertiary/aromatic N) is 3. The Kier molecular flexibility index (Phi) is 7.09. The lowest BCUT2D eigenvalue weighted by Crippen LogP contribution is -2.40. The number of para-hydroxylation sites is 1. The van der Waals surface area contributed by atoms with Gasteiger partial charge in [0.05, 0.1) is 17.9 Å². The van der Waals surface area contributed by atoms with Gasteiger partial charge < -0.3 is 10.1 Å². The van der Waals surface area contributed by atoms with Gasteiger partial charge in [-0.1, -0.05) is 39.0 Å². The Bertz CT molecular complexity index is 787. The summed E-state index contributed by atoms with van der Waals surface area (Å²) in [4.78, 5) is 15.0. The summed E-state index contributed by atoms with van der Waals surface area (Å²) in [5.41, 5.74) is 1.80. The van der Waals surface area contributed by atoms with Gasteiger partial charge in [0.15, 0.2) is 0 Å². The number of ether oxygens (including phenoxy) is 1. The fourth-order valence-electron chi connectivity index (χ4n) is 3.58. The predicted octanol–water partition coefficient (Wildman–Crippen LogP) is 3.86. The molecule has 0 saturated carbocycles. The number of piperidine rings is 1. The van der Waals surface area contributed by atoms with Crippen molar-refractivity contribution in [2.45, 2.75) is 46.0 Å². The Balaban J connectivity index is 1.65. The summed E-state index contributed by atoms with van der Waals surface area (Å²) in [5.74, 6) is 1.34. The predicted molar refractivity (Wildman–Crippen MR) is 117 cm³/mol. The smallest absolute Gasteiger partial charge is 0.239 e. The SMILES string of the molecule is CCOCC1CCN(CC(=O)Nc2cc(C(C)(C)C)nn2-c2ccccc2)CC1. The molecule has 1 saturated heterocycles. The minimum absolute atomic E-state index is 0.00537. The fraction of sp³-hybridized carbons (Fsp3) is 0.565. The Labute approximate surface area is 174 Å². The first-order valence-corrected chi connectivity index (χ1v) is 10.6. The van der Waals surface area contributed by atoms with Gasteiger partial charge in [-0.05, 0) is 50.9 Å². The average Bonchev–Trinajstić information content (AvgIpc) is 3.12. The van der Waals surface area contributed by atoms with Crippen molar-refractivity contribution >= 4 is 11.7 Å². The van der Waals surface area contributed by atoms with Gasteiger partial charge in [0.25, 0.3) is 0 Å². The van der Waals surface area contributed by atoms with E-state index in [0.717, 1.165) is 56.3 Å². The number of hydrogen-bond acceptors (Lipinski definition) is 4. The zero-order valence-electron chi connectivity index (χ0n) is 18.1. The lowest BCUT2D eigenvalue weighted by molar-refractivity contribution is -0.117. The van der Waals surface area contributed by atoms with Crippen LogP contribution in [0.4, 0.5) is 5.82 Å². The number of carbonyl (C=O) groups excluding carboxylic acids is 1. The zero-order chi connectivity index (χ0) is 20.9. The van der Waals surface area contributed by atoms with E-state index < -0.39 is 0 Å². The van der Waals surface area contributed by atoms with Crippen LogP contribution >= 0.6 is 0 Å².